The first-order chi connectivity index (χ1) is 8.22. The molecule has 0 amide bonds. The van der Waals surface area contributed by atoms with Gasteiger partial charge in [-0.25, -0.2) is 0 Å². The van der Waals surface area contributed by atoms with Crippen molar-refractivity contribution in [2.75, 3.05) is 6.61 Å². The summed E-state index contributed by atoms with van der Waals surface area (Å²) in [6, 6.07) is 9.48. The van der Waals surface area contributed by atoms with Crippen LogP contribution in [0.2, 0.25) is 0 Å². The number of furan rings is 1. The van der Waals surface area contributed by atoms with Crippen LogP contribution in [0.4, 0.5) is 0 Å². The van der Waals surface area contributed by atoms with E-state index >= 15 is 0 Å². The fraction of sp³-hybridized carbons (Fsp3) is 0.231. The van der Waals surface area contributed by atoms with Crippen molar-refractivity contribution in [3.63, 3.8) is 0 Å². The molecule has 1 aromatic carbocycles. The van der Waals surface area contributed by atoms with Crippen LogP contribution in [-0.4, -0.2) is 6.61 Å². The lowest BCUT2D eigenvalue weighted by Gasteiger charge is -2.10. The van der Waals surface area contributed by atoms with Crippen LogP contribution in [0.1, 0.15) is 23.6 Å². The molecule has 0 N–H and O–H groups in total. The van der Waals surface area contributed by atoms with Crippen molar-refractivity contribution in [1.29, 1.82) is 0 Å². The van der Waals surface area contributed by atoms with Gasteiger partial charge in [0.1, 0.15) is 16.9 Å². The number of hydrogen-bond donors (Lipinski definition) is 0. The first-order valence-electron chi connectivity index (χ1n) is 5.32. The third-order valence-electron chi connectivity index (χ3n) is 2.34. The molecule has 0 fully saturated rings. The van der Waals surface area contributed by atoms with Crippen molar-refractivity contribution >= 4 is 27.5 Å². The molecule has 0 spiro atoms. The van der Waals surface area contributed by atoms with Gasteiger partial charge in [0.15, 0.2) is 0 Å². The normalized spacial score (nSPS) is 12.4. The lowest BCUT2D eigenvalue weighted by Crippen LogP contribution is -1.95. The van der Waals surface area contributed by atoms with Crippen molar-refractivity contribution in [2.24, 2.45) is 0 Å². The van der Waals surface area contributed by atoms with Gasteiger partial charge in [-0.3, -0.25) is 0 Å². The molecule has 1 unspecified atom stereocenters. The van der Waals surface area contributed by atoms with Gasteiger partial charge in [0, 0.05) is 0 Å². The third-order valence-corrected chi connectivity index (χ3v) is 3.43. The van der Waals surface area contributed by atoms with Crippen molar-refractivity contribution in [3.05, 3.63) is 52.4 Å². The summed E-state index contributed by atoms with van der Waals surface area (Å²) in [5.41, 5.74) is 0.969. The zero-order chi connectivity index (χ0) is 12.3. The van der Waals surface area contributed by atoms with Gasteiger partial charge in [0.25, 0.3) is 0 Å². The Morgan fingerprint density at radius 2 is 2.24 bits per heavy atom. The number of rotatable bonds is 4. The van der Waals surface area contributed by atoms with E-state index in [2.05, 4.69) is 15.9 Å². The molecule has 90 valence electrons. The molecular weight excluding hydrogens is 303 g/mol. The molecule has 0 aliphatic carbocycles. The Morgan fingerprint density at radius 3 is 2.82 bits per heavy atom. The Bertz CT molecular complexity index is 482. The predicted octanol–water partition coefficient (Wildman–Crippen LogP) is 4.77. The highest BCUT2D eigenvalue weighted by molar-refractivity contribution is 9.10. The Balaban J connectivity index is 2.25. The number of alkyl halides is 1. The molecule has 1 heterocycles. The Hall–Kier alpha value is -0.930. The standard InChI is InChI=1S/C13H12BrClO2/c1-2-16-11-6-5-9(8-10(11)14)13(15)12-4-3-7-17-12/h3-8,13H,2H2,1H3. The van der Waals surface area contributed by atoms with E-state index in [1.165, 1.54) is 0 Å². The summed E-state index contributed by atoms with van der Waals surface area (Å²) in [7, 11) is 0. The molecule has 0 saturated heterocycles. The molecule has 2 rings (SSSR count). The van der Waals surface area contributed by atoms with E-state index in [0.29, 0.717) is 6.61 Å². The average molecular weight is 316 g/mol. The highest BCUT2D eigenvalue weighted by Crippen LogP contribution is 2.34. The van der Waals surface area contributed by atoms with Gasteiger partial charge in [0.2, 0.25) is 0 Å². The van der Waals surface area contributed by atoms with E-state index in [-0.39, 0.29) is 5.38 Å². The maximum atomic E-state index is 6.32. The van der Waals surface area contributed by atoms with E-state index in [0.717, 1.165) is 21.5 Å². The first kappa shape index (κ1) is 12.5. The monoisotopic (exact) mass is 314 g/mol. The second-order valence-corrected chi connectivity index (χ2v) is 4.79. The van der Waals surface area contributed by atoms with E-state index in [1.807, 2.05) is 37.3 Å². The second-order valence-electron chi connectivity index (χ2n) is 3.50. The smallest absolute Gasteiger partial charge is 0.133 e. The van der Waals surface area contributed by atoms with Crippen LogP contribution < -0.4 is 4.74 Å². The van der Waals surface area contributed by atoms with Crippen molar-refractivity contribution in [3.8, 4) is 5.75 Å². The van der Waals surface area contributed by atoms with Crippen LogP contribution in [0.5, 0.6) is 5.75 Å². The van der Waals surface area contributed by atoms with Crippen molar-refractivity contribution in [2.45, 2.75) is 12.3 Å². The molecule has 0 aliphatic heterocycles. The van der Waals surface area contributed by atoms with Crippen LogP contribution >= 0.6 is 27.5 Å². The fourth-order valence-electron chi connectivity index (χ4n) is 1.55. The average Bonchev–Trinajstić information content (AvgIpc) is 2.84. The van der Waals surface area contributed by atoms with Gasteiger partial charge >= 0.3 is 0 Å². The minimum Gasteiger partial charge on any atom is -0.493 e. The minimum absolute atomic E-state index is 0.281. The molecular formula is C13H12BrClO2. The lowest BCUT2D eigenvalue weighted by atomic mass is 10.1. The summed E-state index contributed by atoms with van der Waals surface area (Å²) >= 11 is 9.78. The highest BCUT2D eigenvalue weighted by atomic mass is 79.9. The first-order valence-corrected chi connectivity index (χ1v) is 6.55. The summed E-state index contributed by atoms with van der Waals surface area (Å²) < 4.78 is 11.6. The Kier molecular flexibility index (Phi) is 4.13. The lowest BCUT2D eigenvalue weighted by molar-refractivity contribution is 0.338. The van der Waals surface area contributed by atoms with Crippen molar-refractivity contribution < 1.29 is 9.15 Å². The molecule has 0 aliphatic rings. The maximum absolute atomic E-state index is 6.32. The Morgan fingerprint density at radius 1 is 1.41 bits per heavy atom. The molecule has 0 radical (unpaired) electrons. The summed E-state index contributed by atoms with van der Waals surface area (Å²) in [5, 5.41) is -0.281. The summed E-state index contributed by atoms with van der Waals surface area (Å²) in [4.78, 5) is 0. The summed E-state index contributed by atoms with van der Waals surface area (Å²) in [6.07, 6.45) is 1.62. The van der Waals surface area contributed by atoms with Gasteiger partial charge in [0.05, 0.1) is 17.3 Å². The molecule has 4 heteroatoms. The van der Waals surface area contributed by atoms with E-state index in [1.54, 1.807) is 6.26 Å². The molecule has 0 saturated carbocycles. The minimum atomic E-state index is -0.281. The van der Waals surface area contributed by atoms with Gasteiger partial charge < -0.3 is 9.15 Å². The van der Waals surface area contributed by atoms with Crippen LogP contribution in [0.15, 0.2) is 45.5 Å². The summed E-state index contributed by atoms with van der Waals surface area (Å²) in [6.45, 7) is 2.59. The molecule has 1 atom stereocenters. The molecule has 2 nitrogen and oxygen atoms in total. The van der Waals surface area contributed by atoms with Crippen LogP contribution in [-0.2, 0) is 0 Å². The van der Waals surface area contributed by atoms with Gasteiger partial charge in [-0.05, 0) is 52.7 Å². The highest BCUT2D eigenvalue weighted by Gasteiger charge is 2.14. The predicted molar refractivity (Wildman–Crippen MR) is 71.7 cm³/mol. The van der Waals surface area contributed by atoms with Crippen LogP contribution in [0, 0.1) is 0 Å². The fourth-order valence-corrected chi connectivity index (χ4v) is 2.32. The van der Waals surface area contributed by atoms with Crippen LogP contribution in [0.3, 0.4) is 0 Å². The van der Waals surface area contributed by atoms with Crippen molar-refractivity contribution in [1.82, 2.24) is 0 Å². The van der Waals surface area contributed by atoms with E-state index in [9.17, 15) is 0 Å². The maximum Gasteiger partial charge on any atom is 0.133 e. The number of benzene rings is 1. The largest absolute Gasteiger partial charge is 0.493 e. The third kappa shape index (κ3) is 2.85. The summed E-state index contributed by atoms with van der Waals surface area (Å²) in [5.74, 6) is 1.56. The molecule has 1 aromatic heterocycles. The number of hydrogen-bond acceptors (Lipinski definition) is 2. The van der Waals surface area contributed by atoms with Crippen LogP contribution in [0.25, 0.3) is 0 Å². The SMILES string of the molecule is CCOc1ccc(C(Cl)c2ccco2)cc1Br. The quantitative estimate of drug-likeness (QED) is 0.758. The molecule has 17 heavy (non-hydrogen) atoms. The van der Waals surface area contributed by atoms with Gasteiger partial charge in [-0.15, -0.1) is 11.6 Å². The van der Waals surface area contributed by atoms with E-state index < -0.39 is 0 Å². The second kappa shape index (κ2) is 5.61. The number of halogens is 2. The van der Waals surface area contributed by atoms with Gasteiger partial charge in [-0.2, -0.15) is 0 Å². The topological polar surface area (TPSA) is 22.4 Å². The zero-order valence-electron chi connectivity index (χ0n) is 9.32. The van der Waals surface area contributed by atoms with Gasteiger partial charge in [-0.1, -0.05) is 6.07 Å². The molecule has 0 bridgehead atoms. The van der Waals surface area contributed by atoms with E-state index in [4.69, 9.17) is 20.8 Å². The molecule has 2 aromatic rings. The number of ether oxygens (including phenoxy) is 1. The Labute approximate surface area is 114 Å². The zero-order valence-corrected chi connectivity index (χ0v) is 11.7.